The lowest BCUT2D eigenvalue weighted by molar-refractivity contribution is 0.684. The van der Waals surface area contributed by atoms with Crippen LogP contribution in [0.2, 0.25) is 0 Å². The third-order valence-corrected chi connectivity index (χ3v) is 3.57. The average Bonchev–Trinajstić information content (AvgIpc) is 2.75. The number of aromatic amines is 1. The van der Waals surface area contributed by atoms with Crippen LogP contribution in [0.1, 0.15) is 16.7 Å². The first kappa shape index (κ1) is 9.89. The van der Waals surface area contributed by atoms with Gasteiger partial charge >= 0.3 is 0 Å². The largest absolute Gasteiger partial charge is 0.347 e. The number of nitrogens with zero attached hydrogens (tertiary/aromatic N) is 1. The van der Waals surface area contributed by atoms with Crippen molar-refractivity contribution in [3.63, 3.8) is 0 Å². The number of H-pyrrole nitrogens is 1. The molecule has 0 spiro atoms. The predicted octanol–water partition coefficient (Wildman–Crippen LogP) is 2.48. The topological polar surface area (TPSA) is 54.7 Å². The SMILES string of the molecule is NC(Cc1ccc(Br)s1)c1ncc[nH]1. The van der Waals surface area contributed by atoms with E-state index in [4.69, 9.17) is 5.73 Å². The van der Waals surface area contributed by atoms with E-state index in [0.29, 0.717) is 0 Å². The summed E-state index contributed by atoms with van der Waals surface area (Å²) < 4.78 is 1.14. The molecule has 0 radical (unpaired) electrons. The maximum Gasteiger partial charge on any atom is 0.123 e. The van der Waals surface area contributed by atoms with Crippen LogP contribution < -0.4 is 5.73 Å². The Balaban J connectivity index is 2.05. The molecule has 2 rings (SSSR count). The third-order valence-electron chi connectivity index (χ3n) is 1.92. The summed E-state index contributed by atoms with van der Waals surface area (Å²) in [4.78, 5) is 8.42. The van der Waals surface area contributed by atoms with Gasteiger partial charge in [0, 0.05) is 23.7 Å². The number of hydrogen-bond acceptors (Lipinski definition) is 3. The second kappa shape index (κ2) is 4.25. The monoisotopic (exact) mass is 271 g/mol. The summed E-state index contributed by atoms with van der Waals surface area (Å²) in [5.74, 6) is 0.842. The van der Waals surface area contributed by atoms with Gasteiger partial charge in [-0.05, 0) is 28.1 Å². The zero-order valence-corrected chi connectivity index (χ0v) is 9.81. The molecule has 3 N–H and O–H groups in total. The summed E-state index contributed by atoms with van der Waals surface area (Å²) in [5.41, 5.74) is 5.98. The van der Waals surface area contributed by atoms with Gasteiger partial charge in [-0.3, -0.25) is 0 Å². The van der Waals surface area contributed by atoms with Gasteiger partial charge in [0.25, 0.3) is 0 Å². The smallest absolute Gasteiger partial charge is 0.123 e. The number of aromatic nitrogens is 2. The minimum absolute atomic E-state index is 0.0458. The fourth-order valence-electron chi connectivity index (χ4n) is 1.26. The first-order valence-electron chi connectivity index (χ1n) is 4.25. The number of halogens is 1. The molecule has 0 aromatic carbocycles. The summed E-state index contributed by atoms with van der Waals surface area (Å²) in [5, 5.41) is 0. The van der Waals surface area contributed by atoms with Gasteiger partial charge in [0.1, 0.15) is 5.82 Å². The van der Waals surface area contributed by atoms with Crippen LogP contribution in [-0.4, -0.2) is 9.97 Å². The van der Waals surface area contributed by atoms with E-state index in [-0.39, 0.29) is 6.04 Å². The Bertz CT molecular complexity index is 396. The van der Waals surface area contributed by atoms with Gasteiger partial charge in [-0.1, -0.05) is 0 Å². The molecule has 0 aliphatic carbocycles. The van der Waals surface area contributed by atoms with Crippen molar-refractivity contribution < 1.29 is 0 Å². The third kappa shape index (κ3) is 2.23. The Hall–Kier alpha value is -0.650. The highest BCUT2D eigenvalue weighted by Gasteiger charge is 2.10. The molecule has 14 heavy (non-hydrogen) atoms. The summed E-state index contributed by atoms with van der Waals surface area (Å²) in [6, 6.07) is 4.07. The van der Waals surface area contributed by atoms with Crippen LogP contribution in [0.15, 0.2) is 28.3 Å². The van der Waals surface area contributed by atoms with Gasteiger partial charge in [0.15, 0.2) is 0 Å². The Morgan fingerprint density at radius 2 is 2.43 bits per heavy atom. The lowest BCUT2D eigenvalue weighted by Gasteiger charge is -2.05. The second-order valence-corrected chi connectivity index (χ2v) is 5.54. The molecule has 1 atom stereocenters. The minimum Gasteiger partial charge on any atom is -0.347 e. The maximum absolute atomic E-state index is 5.98. The van der Waals surface area contributed by atoms with E-state index in [2.05, 4.69) is 32.0 Å². The number of imidazole rings is 1. The van der Waals surface area contributed by atoms with Crippen molar-refractivity contribution in [3.8, 4) is 0 Å². The van der Waals surface area contributed by atoms with Crippen LogP contribution in [0.25, 0.3) is 0 Å². The fourth-order valence-corrected chi connectivity index (χ4v) is 2.80. The summed E-state index contributed by atoms with van der Waals surface area (Å²) in [6.07, 6.45) is 4.34. The van der Waals surface area contributed by atoms with E-state index in [0.717, 1.165) is 16.0 Å². The van der Waals surface area contributed by atoms with Crippen LogP contribution in [0.5, 0.6) is 0 Å². The van der Waals surface area contributed by atoms with Crippen LogP contribution in [0.4, 0.5) is 0 Å². The molecule has 2 heterocycles. The average molecular weight is 272 g/mol. The number of nitrogens with two attached hydrogens (primary N) is 1. The van der Waals surface area contributed by atoms with Gasteiger partial charge in [0.2, 0.25) is 0 Å². The number of nitrogens with one attached hydrogen (secondary N) is 1. The first-order chi connectivity index (χ1) is 6.75. The quantitative estimate of drug-likeness (QED) is 0.901. The molecular weight excluding hydrogens is 262 g/mol. The molecule has 74 valence electrons. The Labute approximate surface area is 94.5 Å². The molecule has 0 bridgehead atoms. The molecular formula is C9H10BrN3S. The molecule has 3 nitrogen and oxygen atoms in total. The maximum atomic E-state index is 5.98. The Morgan fingerprint density at radius 1 is 1.57 bits per heavy atom. The van der Waals surface area contributed by atoms with Crippen molar-refractivity contribution in [2.45, 2.75) is 12.5 Å². The molecule has 0 fully saturated rings. The zero-order chi connectivity index (χ0) is 9.97. The van der Waals surface area contributed by atoms with Gasteiger partial charge in [-0.25, -0.2) is 4.98 Å². The molecule has 0 saturated heterocycles. The summed E-state index contributed by atoms with van der Waals surface area (Å²) in [6.45, 7) is 0. The molecule has 1 unspecified atom stereocenters. The van der Waals surface area contributed by atoms with Crippen LogP contribution in [-0.2, 0) is 6.42 Å². The highest BCUT2D eigenvalue weighted by Crippen LogP contribution is 2.25. The predicted molar refractivity (Wildman–Crippen MR) is 61.2 cm³/mol. The van der Waals surface area contributed by atoms with Crippen molar-refractivity contribution in [2.75, 3.05) is 0 Å². The number of rotatable bonds is 3. The van der Waals surface area contributed by atoms with Crippen molar-refractivity contribution in [1.82, 2.24) is 9.97 Å². The van der Waals surface area contributed by atoms with Crippen molar-refractivity contribution in [2.24, 2.45) is 5.73 Å². The van der Waals surface area contributed by atoms with Gasteiger partial charge in [0.05, 0.1) is 9.83 Å². The molecule has 2 aromatic heterocycles. The van der Waals surface area contributed by atoms with Gasteiger partial charge < -0.3 is 10.7 Å². The lowest BCUT2D eigenvalue weighted by atomic mass is 10.2. The normalized spacial score (nSPS) is 13.0. The van der Waals surface area contributed by atoms with E-state index in [1.807, 2.05) is 6.07 Å². The highest BCUT2D eigenvalue weighted by molar-refractivity contribution is 9.11. The van der Waals surface area contributed by atoms with E-state index in [1.54, 1.807) is 23.7 Å². The van der Waals surface area contributed by atoms with Crippen LogP contribution in [0.3, 0.4) is 0 Å². The minimum atomic E-state index is -0.0458. The summed E-state index contributed by atoms with van der Waals surface area (Å²) >= 11 is 5.13. The zero-order valence-electron chi connectivity index (χ0n) is 7.40. The summed E-state index contributed by atoms with van der Waals surface area (Å²) in [7, 11) is 0. The second-order valence-electron chi connectivity index (χ2n) is 2.99. The van der Waals surface area contributed by atoms with Gasteiger partial charge in [-0.15, -0.1) is 11.3 Å². The highest BCUT2D eigenvalue weighted by atomic mass is 79.9. The van der Waals surface area contributed by atoms with Crippen LogP contribution >= 0.6 is 27.3 Å². The molecule has 0 amide bonds. The first-order valence-corrected chi connectivity index (χ1v) is 5.86. The molecule has 5 heteroatoms. The van der Waals surface area contributed by atoms with E-state index < -0.39 is 0 Å². The number of thiophene rings is 1. The van der Waals surface area contributed by atoms with Crippen LogP contribution in [0, 0.1) is 0 Å². The molecule has 0 aliphatic heterocycles. The van der Waals surface area contributed by atoms with E-state index in [9.17, 15) is 0 Å². The molecule has 0 aliphatic rings. The van der Waals surface area contributed by atoms with Gasteiger partial charge in [-0.2, -0.15) is 0 Å². The van der Waals surface area contributed by atoms with Crippen molar-refractivity contribution in [3.05, 3.63) is 39.0 Å². The van der Waals surface area contributed by atoms with E-state index >= 15 is 0 Å². The van der Waals surface area contributed by atoms with Crippen molar-refractivity contribution >= 4 is 27.3 Å². The fraction of sp³-hybridized carbons (Fsp3) is 0.222. The molecule has 0 saturated carbocycles. The Kier molecular flexibility index (Phi) is 3.00. The molecule has 2 aromatic rings. The number of hydrogen-bond donors (Lipinski definition) is 2. The van der Waals surface area contributed by atoms with E-state index in [1.165, 1.54) is 4.88 Å². The lowest BCUT2D eigenvalue weighted by Crippen LogP contribution is -2.14. The standard InChI is InChI=1S/C9H10BrN3S/c10-8-2-1-6(14-8)5-7(11)9-12-3-4-13-9/h1-4,7H,5,11H2,(H,12,13). The van der Waals surface area contributed by atoms with Crippen molar-refractivity contribution in [1.29, 1.82) is 0 Å². The Morgan fingerprint density at radius 3 is 3.00 bits per heavy atom.